The Labute approximate surface area is 183 Å². The first-order valence-corrected chi connectivity index (χ1v) is 10.9. The van der Waals surface area contributed by atoms with Crippen LogP contribution in [0.5, 0.6) is 5.75 Å². The summed E-state index contributed by atoms with van der Waals surface area (Å²) < 4.78 is 8.12. The number of hydrogen-bond donors (Lipinski definition) is 1. The number of ether oxygens (including phenoxy) is 1. The number of benzene rings is 1. The van der Waals surface area contributed by atoms with Crippen molar-refractivity contribution in [3.8, 4) is 5.75 Å². The zero-order valence-electron chi connectivity index (χ0n) is 17.7. The number of likely N-dealkylation sites (tertiary alicyclic amines) is 1. The molecule has 7 heteroatoms. The molecule has 0 unspecified atom stereocenters. The van der Waals surface area contributed by atoms with Gasteiger partial charge in [-0.3, -0.25) is 19.4 Å². The van der Waals surface area contributed by atoms with Crippen molar-refractivity contribution in [2.24, 2.45) is 0 Å². The average molecular weight is 420 g/mol. The van der Waals surface area contributed by atoms with Crippen LogP contribution < -0.4 is 10.1 Å². The third kappa shape index (κ3) is 6.15. The van der Waals surface area contributed by atoms with Crippen molar-refractivity contribution in [2.45, 2.75) is 38.5 Å². The first kappa shape index (κ1) is 21.1. The van der Waals surface area contributed by atoms with Gasteiger partial charge in [-0.1, -0.05) is 18.2 Å². The van der Waals surface area contributed by atoms with Crippen LogP contribution in [0.3, 0.4) is 0 Å². The van der Waals surface area contributed by atoms with E-state index in [0.717, 1.165) is 51.1 Å². The number of piperidine rings is 1. The van der Waals surface area contributed by atoms with Gasteiger partial charge in [0, 0.05) is 51.3 Å². The zero-order valence-corrected chi connectivity index (χ0v) is 17.7. The monoisotopic (exact) mass is 419 g/mol. The first-order chi connectivity index (χ1) is 15.3. The number of aryl methyl sites for hydroxylation is 1. The molecule has 0 aliphatic carbocycles. The minimum absolute atomic E-state index is 0.0938. The molecule has 0 spiro atoms. The number of nitrogens with one attached hydrogen (secondary N) is 1. The third-order valence-corrected chi connectivity index (χ3v) is 5.48. The summed E-state index contributed by atoms with van der Waals surface area (Å²) in [4.78, 5) is 19.5. The summed E-state index contributed by atoms with van der Waals surface area (Å²) in [7, 11) is 0. The van der Waals surface area contributed by atoms with Gasteiger partial charge >= 0.3 is 0 Å². The van der Waals surface area contributed by atoms with E-state index in [2.05, 4.69) is 26.4 Å². The SMILES string of the molecule is O=C(NCCCn1cccn1)c1ccccc1OC1CCN(Cc2ccccn2)CC1. The second-order valence-electron chi connectivity index (χ2n) is 7.79. The molecular weight excluding hydrogens is 390 g/mol. The van der Waals surface area contributed by atoms with Crippen LogP contribution in [0, 0.1) is 0 Å². The van der Waals surface area contributed by atoms with Gasteiger partial charge < -0.3 is 10.1 Å². The highest BCUT2D eigenvalue weighted by Gasteiger charge is 2.22. The summed E-state index contributed by atoms with van der Waals surface area (Å²) in [5, 5.41) is 7.17. The lowest BCUT2D eigenvalue weighted by atomic mass is 10.1. The maximum atomic E-state index is 12.7. The minimum Gasteiger partial charge on any atom is -0.489 e. The molecule has 1 aromatic carbocycles. The highest BCUT2D eigenvalue weighted by molar-refractivity contribution is 5.96. The van der Waals surface area contributed by atoms with Gasteiger partial charge in [0.2, 0.25) is 0 Å². The van der Waals surface area contributed by atoms with Crippen molar-refractivity contribution in [1.82, 2.24) is 25.0 Å². The highest BCUT2D eigenvalue weighted by Crippen LogP contribution is 2.23. The summed E-state index contributed by atoms with van der Waals surface area (Å²) in [6.07, 6.45) is 8.34. The van der Waals surface area contributed by atoms with E-state index in [1.54, 1.807) is 6.20 Å². The van der Waals surface area contributed by atoms with E-state index >= 15 is 0 Å². The normalized spacial score (nSPS) is 15.0. The van der Waals surface area contributed by atoms with Crippen LogP contribution in [-0.4, -0.2) is 51.3 Å². The van der Waals surface area contributed by atoms with Gasteiger partial charge in [-0.15, -0.1) is 0 Å². The zero-order chi connectivity index (χ0) is 21.3. The molecule has 0 bridgehead atoms. The molecular formula is C24H29N5O2. The lowest BCUT2D eigenvalue weighted by Gasteiger charge is -2.32. The molecule has 162 valence electrons. The van der Waals surface area contributed by atoms with Gasteiger partial charge in [0.1, 0.15) is 11.9 Å². The van der Waals surface area contributed by atoms with Crippen molar-refractivity contribution >= 4 is 5.91 Å². The molecule has 1 amide bonds. The maximum absolute atomic E-state index is 12.7. The molecule has 0 radical (unpaired) electrons. The van der Waals surface area contributed by atoms with Crippen molar-refractivity contribution in [2.75, 3.05) is 19.6 Å². The maximum Gasteiger partial charge on any atom is 0.255 e. The molecule has 1 aliphatic heterocycles. The van der Waals surface area contributed by atoms with Crippen LogP contribution in [0.25, 0.3) is 0 Å². The number of hydrogen-bond acceptors (Lipinski definition) is 5. The first-order valence-electron chi connectivity index (χ1n) is 10.9. The number of aromatic nitrogens is 3. The predicted octanol–water partition coefficient (Wildman–Crippen LogP) is 3.14. The van der Waals surface area contributed by atoms with Crippen molar-refractivity contribution in [3.63, 3.8) is 0 Å². The summed E-state index contributed by atoms with van der Waals surface area (Å²) >= 11 is 0. The van der Waals surface area contributed by atoms with Crippen LogP contribution in [0.2, 0.25) is 0 Å². The number of pyridine rings is 1. The van der Waals surface area contributed by atoms with Crippen LogP contribution in [0.15, 0.2) is 67.1 Å². The van der Waals surface area contributed by atoms with E-state index in [1.165, 1.54) is 0 Å². The Morgan fingerprint density at radius 3 is 2.68 bits per heavy atom. The standard InChI is InChI=1S/C24H29N5O2/c30-24(26-13-5-15-29-16-6-14-27-29)22-8-1-2-9-23(22)31-21-10-17-28(18-11-21)19-20-7-3-4-12-25-20/h1-4,6-9,12,14,16,21H,5,10-11,13,15,17-19H2,(H,26,30). The molecule has 1 fully saturated rings. The van der Waals surface area contributed by atoms with E-state index in [-0.39, 0.29) is 12.0 Å². The number of amides is 1. The Hall–Kier alpha value is -3.19. The van der Waals surface area contributed by atoms with Gasteiger partial charge in [-0.05, 0) is 49.6 Å². The Kier molecular flexibility index (Phi) is 7.28. The van der Waals surface area contributed by atoms with Crippen LogP contribution >= 0.6 is 0 Å². The quantitative estimate of drug-likeness (QED) is 0.540. The summed E-state index contributed by atoms with van der Waals surface area (Å²) in [6.45, 7) is 4.17. The Morgan fingerprint density at radius 1 is 1.06 bits per heavy atom. The van der Waals surface area contributed by atoms with Crippen molar-refractivity contribution in [3.05, 3.63) is 78.4 Å². The van der Waals surface area contributed by atoms with E-state index in [9.17, 15) is 4.79 Å². The molecule has 7 nitrogen and oxygen atoms in total. The van der Waals surface area contributed by atoms with E-state index < -0.39 is 0 Å². The molecule has 0 atom stereocenters. The Bertz CT molecular complexity index is 938. The number of rotatable bonds is 9. The van der Waals surface area contributed by atoms with Crippen LogP contribution in [-0.2, 0) is 13.1 Å². The minimum atomic E-state index is -0.0938. The number of carbonyl (C=O) groups excluding carboxylic acids is 1. The molecule has 1 aliphatic rings. The lowest BCUT2D eigenvalue weighted by molar-refractivity contribution is 0.0888. The molecule has 1 saturated heterocycles. The van der Waals surface area contributed by atoms with Gasteiger partial charge in [-0.25, -0.2) is 0 Å². The summed E-state index contributed by atoms with van der Waals surface area (Å²) in [5.74, 6) is 0.568. The molecule has 3 heterocycles. The number of nitrogens with zero attached hydrogens (tertiary/aromatic N) is 4. The second kappa shape index (κ2) is 10.7. The van der Waals surface area contributed by atoms with Gasteiger partial charge in [0.15, 0.2) is 0 Å². The van der Waals surface area contributed by atoms with E-state index in [4.69, 9.17) is 4.74 Å². The smallest absolute Gasteiger partial charge is 0.255 e. The van der Waals surface area contributed by atoms with Crippen molar-refractivity contribution < 1.29 is 9.53 Å². The highest BCUT2D eigenvalue weighted by atomic mass is 16.5. The fraction of sp³-hybridized carbons (Fsp3) is 0.375. The van der Waals surface area contributed by atoms with Gasteiger partial charge in [0.25, 0.3) is 5.91 Å². The van der Waals surface area contributed by atoms with Crippen LogP contribution in [0.1, 0.15) is 35.3 Å². The molecule has 4 rings (SSSR count). The molecule has 2 aromatic heterocycles. The average Bonchev–Trinajstić information content (AvgIpc) is 3.33. The molecule has 31 heavy (non-hydrogen) atoms. The second-order valence-corrected chi connectivity index (χ2v) is 7.79. The Morgan fingerprint density at radius 2 is 1.90 bits per heavy atom. The van der Waals surface area contributed by atoms with Gasteiger partial charge in [-0.2, -0.15) is 5.10 Å². The molecule has 0 saturated carbocycles. The predicted molar refractivity (Wildman–Crippen MR) is 119 cm³/mol. The summed E-state index contributed by atoms with van der Waals surface area (Å²) in [5.41, 5.74) is 1.69. The Balaban J connectivity index is 1.25. The topological polar surface area (TPSA) is 72.3 Å². The molecule has 1 N–H and O–H groups in total. The van der Waals surface area contributed by atoms with E-state index in [0.29, 0.717) is 17.9 Å². The van der Waals surface area contributed by atoms with Crippen LogP contribution in [0.4, 0.5) is 0 Å². The third-order valence-electron chi connectivity index (χ3n) is 5.48. The number of carbonyl (C=O) groups is 1. The fourth-order valence-electron chi connectivity index (χ4n) is 3.81. The number of para-hydroxylation sites is 1. The van der Waals surface area contributed by atoms with Gasteiger partial charge in [0.05, 0.1) is 11.3 Å². The summed E-state index contributed by atoms with van der Waals surface area (Å²) in [6, 6.07) is 15.4. The molecule has 3 aromatic rings. The van der Waals surface area contributed by atoms with Crippen molar-refractivity contribution in [1.29, 1.82) is 0 Å². The largest absolute Gasteiger partial charge is 0.489 e. The van der Waals surface area contributed by atoms with E-state index in [1.807, 2.05) is 59.5 Å². The lowest BCUT2D eigenvalue weighted by Crippen LogP contribution is -2.38. The fourth-order valence-corrected chi connectivity index (χ4v) is 3.81.